The largest absolute Gasteiger partial charge is 0.460 e. The molecular weight excluding hydrogens is 779 g/mol. The number of fused-ring (bicyclic) bond motifs is 3. The van der Waals surface area contributed by atoms with E-state index >= 15 is 0 Å². The Labute approximate surface area is 365 Å². The van der Waals surface area contributed by atoms with E-state index in [1.165, 1.54) is 10.8 Å². The molecule has 61 heavy (non-hydrogen) atoms. The van der Waals surface area contributed by atoms with Gasteiger partial charge >= 0.3 is 0 Å². The molecule has 1 fully saturated rings. The lowest BCUT2D eigenvalue weighted by Gasteiger charge is -2.58. The summed E-state index contributed by atoms with van der Waals surface area (Å²) in [4.78, 5) is 7.43. The number of benzene rings is 5. The number of hydrogen-bond donors (Lipinski definition) is 2. The summed E-state index contributed by atoms with van der Waals surface area (Å²) in [5, 5.41) is 27.1. The van der Waals surface area contributed by atoms with Gasteiger partial charge in [-0.3, -0.25) is 0 Å². The first kappa shape index (κ1) is 42.8. The highest BCUT2D eigenvalue weighted by Gasteiger charge is 2.64. The molecule has 7 nitrogen and oxygen atoms in total. The Kier molecular flexibility index (Phi) is 13.4. The van der Waals surface area contributed by atoms with Crippen molar-refractivity contribution in [1.29, 1.82) is 0 Å². The normalized spacial score (nSPS) is 23.7. The van der Waals surface area contributed by atoms with Gasteiger partial charge in [0, 0.05) is 36.0 Å². The zero-order valence-corrected chi connectivity index (χ0v) is 36.5. The summed E-state index contributed by atoms with van der Waals surface area (Å²) in [5.74, 6) is 1.26. The van der Waals surface area contributed by atoms with Crippen molar-refractivity contribution in [3.05, 3.63) is 145 Å². The van der Waals surface area contributed by atoms with Crippen LogP contribution < -0.4 is 9.47 Å². The summed E-state index contributed by atoms with van der Waals surface area (Å²) in [6, 6.07) is 39.9. The Hall–Kier alpha value is -4.86. The van der Waals surface area contributed by atoms with Crippen LogP contribution in [0.4, 0.5) is 0 Å². The predicted octanol–water partition coefficient (Wildman–Crippen LogP) is 12.5. The van der Waals surface area contributed by atoms with Crippen molar-refractivity contribution < 1.29 is 29.3 Å². The Morgan fingerprint density at radius 1 is 0.803 bits per heavy atom. The molecule has 0 saturated heterocycles. The summed E-state index contributed by atoms with van der Waals surface area (Å²) in [5.41, 5.74) is 4.90. The third-order valence-corrected chi connectivity index (χ3v) is 13.6. The number of aliphatic hydroxyl groups excluding tert-OH is 2. The fourth-order valence-corrected chi connectivity index (χ4v) is 10.9. The zero-order valence-electron chi connectivity index (χ0n) is 35.7. The van der Waals surface area contributed by atoms with Gasteiger partial charge in [0.15, 0.2) is 0 Å². The van der Waals surface area contributed by atoms with Gasteiger partial charge in [-0.2, -0.15) is 0 Å². The van der Waals surface area contributed by atoms with Gasteiger partial charge in [0.05, 0.1) is 23.5 Å². The van der Waals surface area contributed by atoms with Gasteiger partial charge in [0.1, 0.15) is 22.8 Å². The zero-order chi connectivity index (χ0) is 42.4. The smallest absolute Gasteiger partial charge is 0.231 e. The van der Waals surface area contributed by atoms with Crippen LogP contribution in [0.3, 0.4) is 0 Å². The minimum Gasteiger partial charge on any atom is -0.460 e. The summed E-state index contributed by atoms with van der Waals surface area (Å²) >= 11 is 1.78. The Morgan fingerprint density at radius 2 is 1.51 bits per heavy atom. The van der Waals surface area contributed by atoms with Crippen LogP contribution in [0.2, 0.25) is 0 Å². The monoisotopic (exact) mass is 837 g/mol. The number of oxime groups is 1. The number of aliphatic hydroxyl groups is 2. The van der Waals surface area contributed by atoms with E-state index in [0.29, 0.717) is 13.0 Å². The molecule has 0 radical (unpaired) electrons. The van der Waals surface area contributed by atoms with E-state index in [1.807, 2.05) is 51.1 Å². The Bertz CT molecular complexity index is 2340. The van der Waals surface area contributed by atoms with E-state index in [2.05, 4.69) is 104 Å². The molecule has 0 spiro atoms. The molecule has 0 amide bonds. The molecule has 1 saturated carbocycles. The number of unbranched alkanes of at least 4 members (excludes halogenated alkanes) is 2. The average Bonchev–Trinajstić information content (AvgIpc) is 3.27. The van der Waals surface area contributed by atoms with Gasteiger partial charge in [-0.05, 0) is 128 Å². The third kappa shape index (κ3) is 9.48. The van der Waals surface area contributed by atoms with Crippen LogP contribution in [0.25, 0.3) is 21.9 Å². The van der Waals surface area contributed by atoms with E-state index < -0.39 is 11.4 Å². The van der Waals surface area contributed by atoms with Crippen molar-refractivity contribution in [3.63, 3.8) is 0 Å². The Morgan fingerprint density at radius 3 is 2.25 bits per heavy atom. The SMILES string of the molecule is C=CCOC12Oc3ccc(Oc4ccc(-c5ccccc5)cc4)cc3C3C(CCCCO)C(CCCCO)C=C(C(=NOC(C)(C)C)CC1Sc1ccc4ccccc4c1)C32. The number of thioether (sulfide) groups is 1. The van der Waals surface area contributed by atoms with Gasteiger partial charge in [-0.1, -0.05) is 103 Å². The van der Waals surface area contributed by atoms with Crippen molar-refractivity contribution in [3.8, 4) is 28.4 Å². The van der Waals surface area contributed by atoms with Gasteiger partial charge in [-0.25, -0.2) is 0 Å². The molecular formula is C53H59NO6S. The fourth-order valence-electron chi connectivity index (χ4n) is 9.57. The number of nitrogens with zero attached hydrogens (tertiary/aromatic N) is 1. The molecule has 1 heterocycles. The number of allylic oxidation sites excluding steroid dienone is 1. The molecule has 5 aromatic carbocycles. The lowest BCUT2D eigenvalue weighted by Crippen LogP contribution is -2.64. The quantitative estimate of drug-likeness (QED) is 0.0548. The van der Waals surface area contributed by atoms with Crippen LogP contribution in [-0.4, -0.2) is 52.4 Å². The molecule has 2 aliphatic carbocycles. The van der Waals surface area contributed by atoms with Crippen molar-refractivity contribution in [2.24, 2.45) is 22.9 Å². The second-order valence-corrected chi connectivity index (χ2v) is 18.8. The molecule has 6 unspecified atom stereocenters. The van der Waals surface area contributed by atoms with Crippen LogP contribution in [-0.2, 0) is 9.57 Å². The maximum Gasteiger partial charge on any atom is 0.231 e. The van der Waals surface area contributed by atoms with Crippen molar-refractivity contribution in [2.45, 2.75) is 93.2 Å². The topological polar surface area (TPSA) is 89.7 Å². The van der Waals surface area contributed by atoms with E-state index in [-0.39, 0.29) is 42.1 Å². The lowest BCUT2D eigenvalue weighted by molar-refractivity contribution is -0.223. The molecule has 2 N–H and O–H groups in total. The maximum absolute atomic E-state index is 10.0. The standard InChI is InChI=1S/C53H59NO6S/c1-5-31-57-53-49(61-43-27-23-37-17-9-10-18-39(37)32-43)35-47(54-60-52(2,3)4)45-33-40(19-11-13-29-55)44(20-12-14-30-56)50(51(45)53)46-34-42(26-28-48(46)59-53)58-41-24-21-38(22-25-41)36-15-7-6-8-16-36/h5-10,15-18,21-28,32-34,40,44,49-51,55-56H,1,11-14,19-20,29-31,35H2,2-4H3. The molecule has 8 rings (SSSR count). The number of ether oxygens (including phenoxy) is 3. The first-order valence-corrected chi connectivity index (χ1v) is 22.8. The van der Waals surface area contributed by atoms with E-state index in [1.54, 1.807) is 11.8 Å². The van der Waals surface area contributed by atoms with Crippen molar-refractivity contribution in [1.82, 2.24) is 0 Å². The number of hydrogen-bond acceptors (Lipinski definition) is 8. The highest BCUT2D eigenvalue weighted by Crippen LogP contribution is 2.63. The first-order chi connectivity index (χ1) is 29.7. The summed E-state index contributed by atoms with van der Waals surface area (Å²) in [7, 11) is 0. The minimum atomic E-state index is -1.09. The van der Waals surface area contributed by atoms with E-state index in [9.17, 15) is 10.2 Å². The summed E-state index contributed by atoms with van der Waals surface area (Å²) < 4.78 is 21.3. The van der Waals surface area contributed by atoms with Crippen molar-refractivity contribution in [2.75, 3.05) is 19.8 Å². The first-order valence-electron chi connectivity index (χ1n) is 21.9. The fraction of sp³-hybridized carbons (Fsp3) is 0.377. The molecule has 318 valence electrons. The maximum atomic E-state index is 10.0. The molecule has 6 atom stereocenters. The van der Waals surface area contributed by atoms with Gasteiger partial charge in [-0.15, -0.1) is 18.3 Å². The van der Waals surface area contributed by atoms with E-state index in [4.69, 9.17) is 24.2 Å². The molecule has 3 aliphatic rings. The van der Waals surface area contributed by atoms with Gasteiger partial charge < -0.3 is 29.3 Å². The van der Waals surface area contributed by atoms with Crippen LogP contribution in [0.15, 0.2) is 150 Å². The molecule has 8 heteroatoms. The Balaban J connectivity index is 1.27. The predicted molar refractivity (Wildman–Crippen MR) is 248 cm³/mol. The lowest BCUT2D eigenvalue weighted by atomic mass is 9.56. The van der Waals surface area contributed by atoms with Crippen LogP contribution in [0, 0.1) is 17.8 Å². The summed E-state index contributed by atoms with van der Waals surface area (Å²) in [6.45, 7) is 10.8. The number of rotatable bonds is 17. The van der Waals surface area contributed by atoms with Gasteiger partial charge in [0.2, 0.25) is 5.79 Å². The molecule has 0 aromatic heterocycles. The molecule has 1 aliphatic heterocycles. The molecule has 0 bridgehead atoms. The van der Waals surface area contributed by atoms with Crippen LogP contribution in [0.1, 0.15) is 77.2 Å². The third-order valence-electron chi connectivity index (χ3n) is 12.2. The summed E-state index contributed by atoms with van der Waals surface area (Å²) in [6.07, 6.45) is 9.89. The second-order valence-electron chi connectivity index (χ2n) is 17.6. The van der Waals surface area contributed by atoms with E-state index in [0.717, 1.165) is 88.6 Å². The molecule has 5 aromatic rings. The van der Waals surface area contributed by atoms with Gasteiger partial charge in [0.25, 0.3) is 0 Å². The highest BCUT2D eigenvalue weighted by atomic mass is 32.2. The minimum absolute atomic E-state index is 0.0461. The van der Waals surface area contributed by atoms with Crippen LogP contribution >= 0.6 is 11.8 Å². The second kappa shape index (κ2) is 19.0. The highest BCUT2D eigenvalue weighted by molar-refractivity contribution is 8.00. The average molecular weight is 838 g/mol. The van der Waals surface area contributed by atoms with Crippen LogP contribution in [0.5, 0.6) is 17.2 Å². The van der Waals surface area contributed by atoms with Crippen molar-refractivity contribution >= 4 is 28.2 Å².